The normalized spacial score (nSPS) is 16.1. The topological polar surface area (TPSA) is 0 Å². The average Bonchev–Trinajstić information content (AvgIpc) is 2.80. The second kappa shape index (κ2) is 11.6. The zero-order valence-corrected chi connectivity index (χ0v) is 13.8. The molecule has 0 aliphatic carbocycles. The Morgan fingerprint density at radius 3 is 2.06 bits per heavy atom. The monoisotopic (exact) mass is 312 g/mol. The summed E-state index contributed by atoms with van der Waals surface area (Å²) in [6, 6.07) is 0. The Hall–Kier alpha value is 1.49. The molecule has 0 N–H and O–H groups in total. The van der Waals surface area contributed by atoms with E-state index in [0.29, 0.717) is 0 Å². The molecule has 16 heavy (non-hydrogen) atoms. The van der Waals surface area contributed by atoms with E-state index in [1.54, 1.807) is 0 Å². The van der Waals surface area contributed by atoms with E-state index in [1.165, 1.54) is 40.9 Å². The summed E-state index contributed by atoms with van der Waals surface area (Å²) in [5.41, 5.74) is 0. The van der Waals surface area contributed by atoms with Crippen molar-refractivity contribution in [2.24, 2.45) is 0 Å². The molecular weight excluding hydrogens is 292 g/mol. The Morgan fingerprint density at radius 1 is 0.875 bits per heavy atom. The lowest BCUT2D eigenvalue weighted by atomic mass is 10.6. The van der Waals surface area contributed by atoms with Crippen molar-refractivity contribution in [1.29, 1.82) is 0 Å². The van der Waals surface area contributed by atoms with Gasteiger partial charge in [0.15, 0.2) is 0 Å². The van der Waals surface area contributed by atoms with Gasteiger partial charge in [-0.1, -0.05) is 6.92 Å². The summed E-state index contributed by atoms with van der Waals surface area (Å²) in [5.74, 6) is 7.91. The van der Waals surface area contributed by atoms with Crippen LogP contribution in [0.4, 0.5) is 0 Å². The highest BCUT2D eigenvalue weighted by atomic mass is 32.2. The van der Waals surface area contributed by atoms with Crippen LogP contribution in [0.15, 0.2) is 10.8 Å². The highest BCUT2D eigenvalue weighted by Crippen LogP contribution is 2.36. The van der Waals surface area contributed by atoms with Gasteiger partial charge in [-0.2, -0.15) is 35.3 Å². The van der Waals surface area contributed by atoms with E-state index in [2.05, 4.69) is 53.0 Å². The number of thioether (sulfide) groups is 5. The van der Waals surface area contributed by atoms with Crippen molar-refractivity contribution in [2.45, 2.75) is 17.9 Å². The molecule has 5 heteroatoms. The number of rotatable bonds is 10. The largest absolute Gasteiger partial charge is 0.161 e. The number of hydrogen-bond acceptors (Lipinski definition) is 5. The maximum atomic E-state index is 2.24. The van der Waals surface area contributed by atoms with E-state index < -0.39 is 0 Å². The van der Waals surface area contributed by atoms with Gasteiger partial charge in [-0.25, -0.2) is 0 Å². The summed E-state index contributed by atoms with van der Waals surface area (Å²) in [6.45, 7) is 2.24. The summed E-state index contributed by atoms with van der Waals surface area (Å²) in [4.78, 5) is 0. The van der Waals surface area contributed by atoms with Gasteiger partial charge in [-0.05, 0) is 28.7 Å². The lowest BCUT2D eigenvalue weighted by Gasteiger charge is -2.06. The van der Waals surface area contributed by atoms with Crippen molar-refractivity contribution in [3.63, 3.8) is 0 Å². The Balaban J connectivity index is 1.71. The zero-order chi connectivity index (χ0) is 11.5. The molecule has 0 bridgehead atoms. The molecule has 0 nitrogen and oxygen atoms in total. The molecule has 0 amide bonds. The molecule has 0 atom stereocenters. The molecule has 0 aromatic rings. The summed E-state index contributed by atoms with van der Waals surface area (Å²) >= 11 is 10.2. The van der Waals surface area contributed by atoms with Gasteiger partial charge < -0.3 is 0 Å². The van der Waals surface area contributed by atoms with Crippen LogP contribution in [-0.2, 0) is 0 Å². The van der Waals surface area contributed by atoms with Crippen LogP contribution < -0.4 is 0 Å². The minimum atomic E-state index is 0.807. The van der Waals surface area contributed by atoms with Gasteiger partial charge in [0.05, 0.1) is 4.58 Å². The molecule has 1 aliphatic rings. The molecule has 0 unspecified atom stereocenters. The van der Waals surface area contributed by atoms with Gasteiger partial charge in [0.1, 0.15) is 0 Å². The van der Waals surface area contributed by atoms with E-state index >= 15 is 0 Å². The lowest BCUT2D eigenvalue weighted by Crippen LogP contribution is -1.96. The predicted molar refractivity (Wildman–Crippen MR) is 90.4 cm³/mol. The quantitative estimate of drug-likeness (QED) is 0.526. The summed E-state index contributed by atoms with van der Waals surface area (Å²) in [5, 5.41) is 4.45. The fourth-order valence-corrected chi connectivity index (χ4v) is 6.47. The smallest absolute Gasteiger partial charge is 0.0593 e. The summed E-state index contributed by atoms with van der Waals surface area (Å²) in [6.07, 6.45) is 1.35. The van der Waals surface area contributed by atoms with Crippen molar-refractivity contribution in [1.82, 2.24) is 0 Å². The Morgan fingerprint density at radius 2 is 1.44 bits per heavy atom. The van der Waals surface area contributed by atoms with E-state index in [1.807, 2.05) is 23.5 Å². The third-order valence-electron chi connectivity index (χ3n) is 1.96. The van der Waals surface area contributed by atoms with E-state index in [4.69, 9.17) is 0 Å². The maximum absolute atomic E-state index is 2.24. The minimum Gasteiger partial charge on any atom is -0.161 e. The Kier molecular flexibility index (Phi) is 11.2. The highest BCUT2D eigenvalue weighted by Gasteiger charge is 2.10. The van der Waals surface area contributed by atoms with Crippen LogP contribution in [0.25, 0.3) is 0 Å². The molecule has 0 fully saturated rings. The third kappa shape index (κ3) is 8.56. The SMILES string of the molecule is CCSCCSCCSCCC1SC=CS1. The first-order chi connectivity index (χ1) is 7.93. The molecule has 94 valence electrons. The Bertz CT molecular complexity index is 175. The highest BCUT2D eigenvalue weighted by molar-refractivity contribution is 8.22. The number of hydrogen-bond donors (Lipinski definition) is 0. The third-order valence-corrected chi connectivity index (χ3v) is 7.89. The van der Waals surface area contributed by atoms with Gasteiger partial charge in [0.25, 0.3) is 0 Å². The molecule has 0 saturated heterocycles. The van der Waals surface area contributed by atoms with Gasteiger partial charge in [-0.3, -0.25) is 0 Å². The van der Waals surface area contributed by atoms with Crippen molar-refractivity contribution < 1.29 is 0 Å². The molecule has 0 aromatic heterocycles. The van der Waals surface area contributed by atoms with Crippen LogP contribution in [0.1, 0.15) is 13.3 Å². The molecule has 1 heterocycles. The molecule has 0 saturated carbocycles. The van der Waals surface area contributed by atoms with Crippen LogP contribution in [-0.4, -0.2) is 39.1 Å². The molecule has 0 radical (unpaired) electrons. The molecule has 0 spiro atoms. The summed E-state index contributed by atoms with van der Waals surface area (Å²) < 4.78 is 0.807. The van der Waals surface area contributed by atoms with E-state index in [9.17, 15) is 0 Å². The first-order valence-electron chi connectivity index (χ1n) is 5.62. The maximum Gasteiger partial charge on any atom is 0.0593 e. The molecular formula is C11H20S5. The van der Waals surface area contributed by atoms with Crippen molar-refractivity contribution >= 4 is 58.8 Å². The van der Waals surface area contributed by atoms with Gasteiger partial charge in [-0.15, -0.1) is 23.5 Å². The van der Waals surface area contributed by atoms with Crippen LogP contribution in [0.5, 0.6) is 0 Å². The van der Waals surface area contributed by atoms with Crippen molar-refractivity contribution in [2.75, 3.05) is 34.5 Å². The van der Waals surface area contributed by atoms with Crippen molar-refractivity contribution in [3.05, 3.63) is 10.8 Å². The summed E-state index contributed by atoms with van der Waals surface area (Å²) in [7, 11) is 0. The fraction of sp³-hybridized carbons (Fsp3) is 0.818. The van der Waals surface area contributed by atoms with Gasteiger partial charge >= 0.3 is 0 Å². The van der Waals surface area contributed by atoms with E-state index in [0.717, 1.165) is 4.58 Å². The average molecular weight is 313 g/mol. The van der Waals surface area contributed by atoms with E-state index in [-0.39, 0.29) is 0 Å². The van der Waals surface area contributed by atoms with Gasteiger partial charge in [0, 0.05) is 23.0 Å². The van der Waals surface area contributed by atoms with Crippen LogP contribution in [0.2, 0.25) is 0 Å². The Labute approximate surface area is 121 Å². The predicted octanol–water partition coefficient (Wildman–Crippen LogP) is 4.87. The minimum absolute atomic E-state index is 0.807. The zero-order valence-electron chi connectivity index (χ0n) is 9.72. The fourth-order valence-electron chi connectivity index (χ4n) is 1.17. The molecule has 0 aromatic carbocycles. The lowest BCUT2D eigenvalue weighted by molar-refractivity contribution is 1.08. The van der Waals surface area contributed by atoms with Crippen molar-refractivity contribution in [3.8, 4) is 0 Å². The molecule has 1 aliphatic heterocycles. The standard InChI is InChI=1S/C11H20S5/c1-2-12-5-6-14-8-7-13-4-3-11-15-9-10-16-11/h9-11H,2-8H2,1H3. The molecule has 1 rings (SSSR count). The first kappa shape index (κ1) is 15.5. The van der Waals surface area contributed by atoms with Crippen LogP contribution in [0, 0.1) is 0 Å². The van der Waals surface area contributed by atoms with Crippen LogP contribution in [0.3, 0.4) is 0 Å². The van der Waals surface area contributed by atoms with Gasteiger partial charge in [0.2, 0.25) is 0 Å². The second-order valence-electron chi connectivity index (χ2n) is 3.18. The second-order valence-corrected chi connectivity index (χ2v) is 9.55. The van der Waals surface area contributed by atoms with Crippen LogP contribution >= 0.6 is 58.8 Å². The first-order valence-corrected chi connectivity index (χ1v) is 11.0.